The molecule has 1 aromatic carbocycles. The summed E-state index contributed by atoms with van der Waals surface area (Å²) in [6.07, 6.45) is 0. The Balaban J connectivity index is 1.82. The van der Waals surface area contributed by atoms with Gasteiger partial charge in [0.15, 0.2) is 5.96 Å². The minimum atomic E-state index is 0.272. The monoisotopic (exact) mass is 378 g/mol. The number of hydrogen-bond donors (Lipinski definition) is 1. The Morgan fingerprint density at radius 1 is 1.42 bits per heavy atom. The number of likely N-dealkylation sites (N-methyl/N-ethyl adjacent to an activating group) is 1. The van der Waals surface area contributed by atoms with Gasteiger partial charge in [0.1, 0.15) is 18.1 Å². The second kappa shape index (κ2) is 9.48. The van der Waals surface area contributed by atoms with Gasteiger partial charge in [-0.05, 0) is 32.0 Å². The van der Waals surface area contributed by atoms with Gasteiger partial charge >= 0.3 is 0 Å². The van der Waals surface area contributed by atoms with Crippen molar-refractivity contribution >= 4 is 17.6 Å². The van der Waals surface area contributed by atoms with Crippen LogP contribution in [0.25, 0.3) is 0 Å². The van der Waals surface area contributed by atoms with E-state index in [9.17, 15) is 0 Å². The topological polar surface area (TPSA) is 62.9 Å². The molecule has 0 fully saturated rings. The van der Waals surface area contributed by atoms with E-state index in [0.717, 1.165) is 35.3 Å². The minimum absolute atomic E-state index is 0.272. The molecule has 0 amide bonds. The summed E-state index contributed by atoms with van der Waals surface area (Å²) in [5, 5.41) is 8.09. The molecular weight excluding hydrogens is 352 g/mol. The predicted molar refractivity (Wildman–Crippen MR) is 105 cm³/mol. The van der Waals surface area contributed by atoms with Gasteiger partial charge in [-0.25, -0.2) is 0 Å². The lowest BCUT2D eigenvalue weighted by molar-refractivity contribution is 0.281. The summed E-state index contributed by atoms with van der Waals surface area (Å²) in [4.78, 5) is 6.37. The zero-order valence-corrected chi connectivity index (χ0v) is 16.8. The first-order valence-electron chi connectivity index (χ1n) is 8.65. The smallest absolute Gasteiger partial charge is 0.193 e. The van der Waals surface area contributed by atoms with Crippen LogP contribution in [0.1, 0.15) is 29.9 Å². The second-order valence-electron chi connectivity index (χ2n) is 6.29. The SMILES string of the molecule is CN=C(NCC(C)c1c(C)noc1C)N(C)CCOc1cccc(Cl)c1. The van der Waals surface area contributed by atoms with Crippen LogP contribution >= 0.6 is 11.6 Å². The Kier molecular flexibility index (Phi) is 7.33. The zero-order chi connectivity index (χ0) is 19.1. The van der Waals surface area contributed by atoms with Crippen LogP contribution in [0.5, 0.6) is 5.75 Å². The first-order chi connectivity index (χ1) is 12.4. The number of benzene rings is 1. The average Bonchev–Trinajstić information content (AvgIpc) is 2.94. The molecule has 142 valence electrons. The highest BCUT2D eigenvalue weighted by atomic mass is 35.5. The molecule has 1 aromatic heterocycles. The molecule has 0 aliphatic rings. The third kappa shape index (κ3) is 5.39. The van der Waals surface area contributed by atoms with Crippen LogP contribution in [0, 0.1) is 13.8 Å². The molecule has 26 heavy (non-hydrogen) atoms. The predicted octanol–water partition coefficient (Wildman–Crippen LogP) is 3.63. The number of nitrogens with zero attached hydrogens (tertiary/aromatic N) is 3. The molecule has 1 heterocycles. The number of nitrogens with one attached hydrogen (secondary N) is 1. The van der Waals surface area contributed by atoms with E-state index in [1.165, 1.54) is 0 Å². The molecule has 2 rings (SSSR count). The van der Waals surface area contributed by atoms with Gasteiger partial charge < -0.3 is 19.5 Å². The number of aliphatic imine (C=N–C) groups is 1. The summed E-state index contributed by atoms with van der Waals surface area (Å²) in [5.74, 6) is 2.73. The largest absolute Gasteiger partial charge is 0.492 e. The Bertz CT molecular complexity index is 725. The van der Waals surface area contributed by atoms with Gasteiger partial charge in [-0.1, -0.05) is 29.7 Å². The Morgan fingerprint density at radius 3 is 2.81 bits per heavy atom. The molecule has 1 atom stereocenters. The third-order valence-corrected chi connectivity index (χ3v) is 4.45. The van der Waals surface area contributed by atoms with Crippen molar-refractivity contribution in [2.45, 2.75) is 26.7 Å². The van der Waals surface area contributed by atoms with Crippen LogP contribution < -0.4 is 10.1 Å². The van der Waals surface area contributed by atoms with Crippen LogP contribution in [0.4, 0.5) is 0 Å². The summed E-state index contributed by atoms with van der Waals surface area (Å²) in [6.45, 7) is 8.05. The van der Waals surface area contributed by atoms with Crippen LogP contribution in [-0.4, -0.2) is 49.8 Å². The fourth-order valence-corrected chi connectivity index (χ4v) is 3.07. The summed E-state index contributed by atoms with van der Waals surface area (Å²) >= 11 is 5.96. The molecule has 0 radical (unpaired) electrons. The first kappa shape index (κ1) is 20.1. The van der Waals surface area contributed by atoms with E-state index < -0.39 is 0 Å². The van der Waals surface area contributed by atoms with E-state index in [1.54, 1.807) is 13.1 Å². The molecule has 2 aromatic rings. The van der Waals surface area contributed by atoms with E-state index in [1.807, 2.05) is 44.0 Å². The Hall–Kier alpha value is -2.21. The van der Waals surface area contributed by atoms with Crippen molar-refractivity contribution < 1.29 is 9.26 Å². The quantitative estimate of drug-likeness (QED) is 0.588. The molecule has 0 aliphatic carbocycles. The Labute approximate surface area is 160 Å². The molecule has 0 saturated carbocycles. The summed E-state index contributed by atoms with van der Waals surface area (Å²) in [7, 11) is 3.76. The van der Waals surface area contributed by atoms with Crippen molar-refractivity contribution in [3.63, 3.8) is 0 Å². The fourth-order valence-electron chi connectivity index (χ4n) is 2.89. The molecule has 1 unspecified atom stereocenters. The van der Waals surface area contributed by atoms with E-state index in [4.69, 9.17) is 20.9 Å². The van der Waals surface area contributed by atoms with Crippen molar-refractivity contribution in [1.29, 1.82) is 0 Å². The van der Waals surface area contributed by atoms with Gasteiger partial charge in [0.05, 0.1) is 12.2 Å². The fraction of sp³-hybridized carbons (Fsp3) is 0.474. The summed E-state index contributed by atoms with van der Waals surface area (Å²) in [6, 6.07) is 7.40. The van der Waals surface area contributed by atoms with E-state index in [2.05, 4.69) is 22.4 Å². The van der Waals surface area contributed by atoms with E-state index in [-0.39, 0.29) is 5.92 Å². The van der Waals surface area contributed by atoms with Crippen LogP contribution in [0.3, 0.4) is 0 Å². The summed E-state index contributed by atoms with van der Waals surface area (Å²) < 4.78 is 11.0. The van der Waals surface area contributed by atoms with Crippen molar-refractivity contribution in [3.05, 3.63) is 46.3 Å². The van der Waals surface area contributed by atoms with Crippen molar-refractivity contribution in [1.82, 2.24) is 15.4 Å². The van der Waals surface area contributed by atoms with Crippen molar-refractivity contribution in [2.75, 3.05) is 33.8 Å². The molecule has 0 bridgehead atoms. The lowest BCUT2D eigenvalue weighted by atomic mass is 10.00. The van der Waals surface area contributed by atoms with Gasteiger partial charge in [-0.3, -0.25) is 4.99 Å². The Morgan fingerprint density at radius 2 is 2.19 bits per heavy atom. The van der Waals surface area contributed by atoms with Crippen molar-refractivity contribution in [2.24, 2.45) is 4.99 Å². The average molecular weight is 379 g/mol. The van der Waals surface area contributed by atoms with Crippen LogP contribution in [0.15, 0.2) is 33.8 Å². The molecule has 7 heteroatoms. The first-order valence-corrected chi connectivity index (χ1v) is 9.03. The van der Waals surface area contributed by atoms with E-state index in [0.29, 0.717) is 18.2 Å². The van der Waals surface area contributed by atoms with Crippen LogP contribution in [0.2, 0.25) is 5.02 Å². The maximum absolute atomic E-state index is 5.96. The van der Waals surface area contributed by atoms with Gasteiger partial charge in [0.2, 0.25) is 0 Å². The van der Waals surface area contributed by atoms with Gasteiger partial charge in [0.25, 0.3) is 0 Å². The molecule has 0 aliphatic heterocycles. The second-order valence-corrected chi connectivity index (χ2v) is 6.73. The zero-order valence-electron chi connectivity index (χ0n) is 16.0. The number of halogens is 1. The normalized spacial score (nSPS) is 12.8. The van der Waals surface area contributed by atoms with E-state index >= 15 is 0 Å². The molecule has 1 N–H and O–H groups in total. The number of guanidine groups is 1. The molecule has 0 spiro atoms. The van der Waals surface area contributed by atoms with Crippen LogP contribution in [-0.2, 0) is 0 Å². The lowest BCUT2D eigenvalue weighted by Gasteiger charge is -2.23. The maximum atomic E-state index is 5.96. The standard InChI is InChI=1S/C19H27ClN4O2/c1-13(18-14(2)23-26-15(18)3)12-22-19(21-4)24(5)9-10-25-17-8-6-7-16(20)11-17/h6-8,11,13H,9-10,12H2,1-5H3,(H,21,22). The lowest BCUT2D eigenvalue weighted by Crippen LogP contribution is -2.42. The number of rotatable bonds is 7. The summed E-state index contributed by atoms with van der Waals surface area (Å²) in [5.41, 5.74) is 2.09. The molecule has 6 nitrogen and oxygen atoms in total. The van der Waals surface area contributed by atoms with Gasteiger partial charge in [-0.15, -0.1) is 0 Å². The number of hydrogen-bond acceptors (Lipinski definition) is 4. The number of aryl methyl sites for hydroxylation is 2. The molecular formula is C19H27ClN4O2. The number of ether oxygens (including phenoxy) is 1. The van der Waals surface area contributed by atoms with Gasteiger partial charge in [0, 0.05) is 37.1 Å². The highest BCUT2D eigenvalue weighted by molar-refractivity contribution is 6.30. The number of aromatic nitrogens is 1. The maximum Gasteiger partial charge on any atom is 0.193 e. The van der Waals surface area contributed by atoms with Crippen molar-refractivity contribution in [3.8, 4) is 5.75 Å². The van der Waals surface area contributed by atoms with Gasteiger partial charge in [-0.2, -0.15) is 0 Å². The highest BCUT2D eigenvalue weighted by Crippen LogP contribution is 2.22. The third-order valence-electron chi connectivity index (χ3n) is 4.21. The highest BCUT2D eigenvalue weighted by Gasteiger charge is 2.17. The molecule has 0 saturated heterocycles. The minimum Gasteiger partial charge on any atom is -0.492 e.